The maximum Gasteiger partial charge on any atom is 0.327 e. The highest BCUT2D eigenvalue weighted by molar-refractivity contribution is 5.95. The third-order valence-corrected chi connectivity index (χ3v) is 6.34. The number of methoxy groups -OCH3 is 1. The molecule has 0 aliphatic carbocycles. The number of amides is 2. The Labute approximate surface area is 201 Å². The number of aromatic nitrogens is 3. The van der Waals surface area contributed by atoms with Crippen LogP contribution < -0.4 is 9.64 Å². The van der Waals surface area contributed by atoms with Crippen molar-refractivity contribution >= 4 is 22.8 Å². The van der Waals surface area contributed by atoms with Crippen LogP contribution in [-0.2, 0) is 6.54 Å². The smallest absolute Gasteiger partial charge is 0.327 e. The number of hydrogen-bond donors (Lipinski definition) is 0. The van der Waals surface area contributed by atoms with Crippen LogP contribution in [0.1, 0.15) is 23.5 Å². The second-order valence-electron chi connectivity index (χ2n) is 8.36. The first kappa shape index (κ1) is 21.0. The molecule has 8 heteroatoms. The van der Waals surface area contributed by atoms with Gasteiger partial charge in [0.25, 0.3) is 0 Å². The number of furan rings is 1. The highest BCUT2D eigenvalue weighted by Gasteiger charge is 2.50. The van der Waals surface area contributed by atoms with Gasteiger partial charge in [-0.2, -0.15) is 0 Å². The Morgan fingerprint density at radius 2 is 1.69 bits per heavy atom. The van der Waals surface area contributed by atoms with Crippen LogP contribution in [0.25, 0.3) is 11.0 Å². The molecule has 1 aliphatic rings. The van der Waals surface area contributed by atoms with Crippen LogP contribution in [0.3, 0.4) is 0 Å². The standard InChI is InChI=1S/C27H23N5O3/c1-34-21-15-13-20(14-16-21)31-25(24-12-7-17-35-24)26(32-23-11-6-5-10-22(23)28-29-32)30(27(31)33)18-19-8-3-2-4-9-19/h2-17,25-26H,18H2,1H3. The maximum absolute atomic E-state index is 14.1. The molecule has 0 radical (unpaired) electrons. The van der Waals surface area contributed by atoms with E-state index in [1.807, 2.05) is 101 Å². The molecule has 8 nitrogen and oxygen atoms in total. The molecule has 0 N–H and O–H groups in total. The Hall–Kier alpha value is -4.59. The Morgan fingerprint density at radius 1 is 0.914 bits per heavy atom. The van der Waals surface area contributed by atoms with Crippen molar-refractivity contribution in [1.29, 1.82) is 0 Å². The zero-order valence-corrected chi connectivity index (χ0v) is 19.1. The lowest BCUT2D eigenvalue weighted by Crippen LogP contribution is -2.33. The largest absolute Gasteiger partial charge is 0.497 e. The minimum atomic E-state index is -0.497. The summed E-state index contributed by atoms with van der Waals surface area (Å²) in [6.45, 7) is 0.405. The fourth-order valence-electron chi connectivity index (χ4n) is 4.71. The molecule has 0 saturated carbocycles. The van der Waals surface area contributed by atoms with E-state index in [9.17, 15) is 4.79 Å². The number of rotatable bonds is 6. The van der Waals surface area contributed by atoms with Gasteiger partial charge in [0.2, 0.25) is 0 Å². The lowest BCUT2D eigenvalue weighted by Gasteiger charge is -2.27. The molecular formula is C27H23N5O3. The van der Waals surface area contributed by atoms with Crippen molar-refractivity contribution < 1.29 is 13.9 Å². The highest BCUT2D eigenvalue weighted by atomic mass is 16.5. The van der Waals surface area contributed by atoms with Crippen molar-refractivity contribution in [1.82, 2.24) is 19.9 Å². The molecule has 2 aromatic heterocycles. The van der Waals surface area contributed by atoms with Gasteiger partial charge < -0.3 is 9.15 Å². The lowest BCUT2D eigenvalue weighted by molar-refractivity contribution is 0.159. The highest BCUT2D eigenvalue weighted by Crippen LogP contribution is 2.46. The summed E-state index contributed by atoms with van der Waals surface area (Å²) in [6.07, 6.45) is 1.13. The number of anilines is 1. The van der Waals surface area contributed by atoms with Gasteiger partial charge in [-0.05, 0) is 54.1 Å². The summed E-state index contributed by atoms with van der Waals surface area (Å²) in [5.41, 5.74) is 3.37. The lowest BCUT2D eigenvalue weighted by atomic mass is 10.1. The van der Waals surface area contributed by atoms with Crippen molar-refractivity contribution in [2.75, 3.05) is 12.0 Å². The number of benzene rings is 3. The van der Waals surface area contributed by atoms with Crippen LogP contribution >= 0.6 is 0 Å². The molecule has 1 aliphatic heterocycles. The number of fused-ring (bicyclic) bond motifs is 1. The average molecular weight is 466 g/mol. The molecule has 174 valence electrons. The molecule has 5 aromatic rings. The average Bonchev–Trinajstić information content (AvgIpc) is 3.64. The van der Waals surface area contributed by atoms with Crippen LogP contribution in [0.5, 0.6) is 5.75 Å². The van der Waals surface area contributed by atoms with Gasteiger partial charge in [0, 0.05) is 12.2 Å². The Morgan fingerprint density at radius 3 is 2.43 bits per heavy atom. The fraction of sp³-hybridized carbons (Fsp3) is 0.148. The predicted molar refractivity (Wildman–Crippen MR) is 131 cm³/mol. The third kappa shape index (κ3) is 3.59. The Bertz CT molecular complexity index is 1450. The van der Waals surface area contributed by atoms with Crippen LogP contribution in [0.15, 0.2) is 102 Å². The van der Waals surface area contributed by atoms with E-state index in [1.165, 1.54) is 0 Å². The minimum absolute atomic E-state index is 0.148. The molecule has 0 spiro atoms. The van der Waals surface area contributed by atoms with Gasteiger partial charge in [0.15, 0.2) is 6.17 Å². The first-order chi connectivity index (χ1) is 17.2. The monoisotopic (exact) mass is 465 g/mol. The third-order valence-electron chi connectivity index (χ3n) is 6.34. The summed E-state index contributed by atoms with van der Waals surface area (Å²) >= 11 is 0. The van der Waals surface area contributed by atoms with Crippen molar-refractivity contribution in [3.8, 4) is 5.75 Å². The van der Waals surface area contributed by atoms with Gasteiger partial charge in [-0.15, -0.1) is 5.10 Å². The van der Waals surface area contributed by atoms with Crippen molar-refractivity contribution in [3.05, 3.63) is 109 Å². The molecule has 1 saturated heterocycles. The number of carbonyl (C=O) groups excluding carboxylic acids is 1. The number of hydrogen-bond acceptors (Lipinski definition) is 5. The van der Waals surface area contributed by atoms with Gasteiger partial charge in [-0.1, -0.05) is 47.7 Å². The van der Waals surface area contributed by atoms with E-state index in [4.69, 9.17) is 9.15 Å². The Kier molecular flexibility index (Phi) is 5.18. The zero-order chi connectivity index (χ0) is 23.8. The van der Waals surface area contributed by atoms with E-state index < -0.39 is 12.2 Å². The van der Waals surface area contributed by atoms with E-state index in [-0.39, 0.29) is 6.03 Å². The van der Waals surface area contributed by atoms with Crippen LogP contribution in [0.2, 0.25) is 0 Å². The number of para-hydroxylation sites is 1. The first-order valence-corrected chi connectivity index (χ1v) is 11.4. The van der Waals surface area contributed by atoms with Crippen molar-refractivity contribution in [3.63, 3.8) is 0 Å². The fourth-order valence-corrected chi connectivity index (χ4v) is 4.71. The quantitative estimate of drug-likeness (QED) is 0.335. The summed E-state index contributed by atoms with van der Waals surface area (Å²) in [4.78, 5) is 17.7. The van der Waals surface area contributed by atoms with Gasteiger partial charge in [0.1, 0.15) is 23.1 Å². The van der Waals surface area contributed by atoms with E-state index >= 15 is 0 Å². The van der Waals surface area contributed by atoms with E-state index in [0.717, 1.165) is 28.0 Å². The van der Waals surface area contributed by atoms with E-state index in [2.05, 4.69) is 10.3 Å². The van der Waals surface area contributed by atoms with E-state index in [0.29, 0.717) is 12.3 Å². The van der Waals surface area contributed by atoms with Gasteiger partial charge in [-0.25, -0.2) is 9.48 Å². The van der Waals surface area contributed by atoms with Gasteiger partial charge in [-0.3, -0.25) is 9.80 Å². The summed E-state index contributed by atoms with van der Waals surface area (Å²) in [6, 6.07) is 28.3. The second-order valence-corrected chi connectivity index (χ2v) is 8.36. The van der Waals surface area contributed by atoms with Crippen LogP contribution in [0.4, 0.5) is 10.5 Å². The number of urea groups is 1. The summed E-state index contributed by atoms with van der Waals surface area (Å²) in [7, 11) is 1.62. The number of carbonyl (C=O) groups is 1. The van der Waals surface area contributed by atoms with Crippen molar-refractivity contribution in [2.45, 2.75) is 18.8 Å². The summed E-state index contributed by atoms with van der Waals surface area (Å²) in [5, 5.41) is 8.88. The molecule has 0 bridgehead atoms. The molecule has 6 rings (SSSR count). The molecule has 3 aromatic carbocycles. The molecular weight excluding hydrogens is 442 g/mol. The van der Waals surface area contributed by atoms with Gasteiger partial charge >= 0.3 is 6.03 Å². The van der Waals surface area contributed by atoms with Crippen LogP contribution in [-0.4, -0.2) is 33.0 Å². The molecule has 1 fully saturated rings. The summed E-state index contributed by atoms with van der Waals surface area (Å²) in [5.74, 6) is 1.38. The molecule has 2 amide bonds. The first-order valence-electron chi connectivity index (χ1n) is 11.4. The molecule has 35 heavy (non-hydrogen) atoms. The zero-order valence-electron chi connectivity index (χ0n) is 19.1. The van der Waals surface area contributed by atoms with Gasteiger partial charge in [0.05, 0.1) is 18.9 Å². The number of nitrogens with zero attached hydrogens (tertiary/aromatic N) is 5. The Balaban J connectivity index is 1.54. The number of ether oxygens (including phenoxy) is 1. The molecule has 2 unspecified atom stereocenters. The topological polar surface area (TPSA) is 76.6 Å². The second kappa shape index (κ2) is 8.64. The van der Waals surface area contributed by atoms with E-state index in [1.54, 1.807) is 18.3 Å². The normalized spacial score (nSPS) is 17.9. The molecule has 2 atom stereocenters. The molecule has 3 heterocycles. The minimum Gasteiger partial charge on any atom is -0.497 e. The maximum atomic E-state index is 14.1. The van der Waals surface area contributed by atoms with Crippen LogP contribution in [0, 0.1) is 0 Å². The SMILES string of the molecule is COc1ccc(N2C(=O)N(Cc3ccccc3)C(n3nnc4ccccc43)C2c2ccco2)cc1. The van der Waals surface area contributed by atoms with Crippen molar-refractivity contribution in [2.24, 2.45) is 0 Å². The summed E-state index contributed by atoms with van der Waals surface area (Å²) < 4.78 is 13.1. The predicted octanol–water partition coefficient (Wildman–Crippen LogP) is 5.42.